The van der Waals surface area contributed by atoms with Gasteiger partial charge in [-0.1, -0.05) is 38.1 Å². The molecule has 4 nitrogen and oxygen atoms in total. The van der Waals surface area contributed by atoms with E-state index in [4.69, 9.17) is 9.47 Å². The molecule has 0 saturated heterocycles. The zero-order valence-corrected chi connectivity index (χ0v) is 17.0. The molecule has 28 heavy (non-hydrogen) atoms. The molecule has 0 heterocycles. The summed E-state index contributed by atoms with van der Waals surface area (Å²) in [6.07, 6.45) is 0.863. The first kappa shape index (κ1) is 20.1. The van der Waals surface area contributed by atoms with E-state index >= 15 is 0 Å². The van der Waals surface area contributed by atoms with Crippen molar-refractivity contribution in [3.63, 3.8) is 0 Å². The first-order chi connectivity index (χ1) is 13.5. The zero-order chi connectivity index (χ0) is 20.3. The van der Waals surface area contributed by atoms with E-state index in [0.29, 0.717) is 12.8 Å². The summed E-state index contributed by atoms with van der Waals surface area (Å²) in [4.78, 5) is 26.0. The lowest BCUT2D eigenvalue weighted by Crippen LogP contribution is -2.40. The molecule has 0 spiro atoms. The van der Waals surface area contributed by atoms with Gasteiger partial charge in [0.2, 0.25) is 0 Å². The molecule has 0 N–H and O–H groups in total. The molecule has 2 aromatic rings. The van der Waals surface area contributed by atoms with E-state index in [-0.39, 0.29) is 35.2 Å². The molecule has 148 valence electrons. The van der Waals surface area contributed by atoms with Gasteiger partial charge in [-0.05, 0) is 35.4 Å². The Balaban J connectivity index is 2.05. The Morgan fingerprint density at radius 2 is 1.43 bits per heavy atom. The van der Waals surface area contributed by atoms with E-state index in [1.54, 1.807) is 14.2 Å². The zero-order valence-electron chi connectivity index (χ0n) is 17.0. The molecular formula is C24H28O4. The molecule has 0 radical (unpaired) electrons. The molecule has 3 rings (SSSR count). The fraction of sp³-hybridized carbons (Fsp3) is 0.417. The topological polar surface area (TPSA) is 52.6 Å². The highest BCUT2D eigenvalue weighted by molar-refractivity contribution is 5.90. The van der Waals surface area contributed by atoms with Crippen LogP contribution in [0.5, 0.6) is 11.5 Å². The van der Waals surface area contributed by atoms with Gasteiger partial charge in [0.05, 0.1) is 14.2 Å². The van der Waals surface area contributed by atoms with Gasteiger partial charge >= 0.3 is 0 Å². The Hall–Kier alpha value is -2.62. The van der Waals surface area contributed by atoms with Crippen LogP contribution < -0.4 is 9.47 Å². The molecule has 1 aliphatic rings. The van der Waals surface area contributed by atoms with Crippen LogP contribution in [0, 0.1) is 11.8 Å². The summed E-state index contributed by atoms with van der Waals surface area (Å²) in [7, 11) is 3.26. The second-order valence-electron chi connectivity index (χ2n) is 7.48. The number of ether oxygens (including phenoxy) is 2. The number of Topliss-reactive ketones (excluding diaryl/α,β-unsaturated/α-hetero) is 2. The maximum absolute atomic E-state index is 13.1. The largest absolute Gasteiger partial charge is 0.497 e. The summed E-state index contributed by atoms with van der Waals surface area (Å²) in [6, 6.07) is 15.5. The molecule has 0 amide bonds. The number of ketones is 2. The number of benzene rings is 2. The number of methoxy groups -OCH3 is 2. The monoisotopic (exact) mass is 380 g/mol. The quantitative estimate of drug-likeness (QED) is 0.724. The van der Waals surface area contributed by atoms with E-state index in [2.05, 4.69) is 0 Å². The van der Waals surface area contributed by atoms with Crippen LogP contribution >= 0.6 is 0 Å². The third-order valence-electron chi connectivity index (χ3n) is 6.05. The fourth-order valence-corrected chi connectivity index (χ4v) is 4.45. The number of carbonyl (C=O) groups excluding carboxylic acids is 2. The van der Waals surface area contributed by atoms with E-state index in [9.17, 15) is 9.59 Å². The van der Waals surface area contributed by atoms with Crippen molar-refractivity contribution in [2.24, 2.45) is 11.8 Å². The third-order valence-corrected chi connectivity index (χ3v) is 6.05. The molecule has 4 atom stereocenters. The minimum Gasteiger partial charge on any atom is -0.497 e. The summed E-state index contributed by atoms with van der Waals surface area (Å²) >= 11 is 0. The number of hydrogen-bond donors (Lipinski definition) is 0. The van der Waals surface area contributed by atoms with Crippen molar-refractivity contribution >= 4 is 11.6 Å². The van der Waals surface area contributed by atoms with Crippen molar-refractivity contribution in [2.45, 2.75) is 38.5 Å². The molecule has 4 heteroatoms. The molecule has 0 unspecified atom stereocenters. The highest BCUT2D eigenvalue weighted by atomic mass is 16.5. The van der Waals surface area contributed by atoms with Gasteiger partial charge in [0.25, 0.3) is 0 Å². The predicted octanol–water partition coefficient (Wildman–Crippen LogP) is 4.78. The van der Waals surface area contributed by atoms with Gasteiger partial charge in [-0.25, -0.2) is 0 Å². The first-order valence-corrected chi connectivity index (χ1v) is 9.83. The van der Waals surface area contributed by atoms with E-state index in [1.165, 1.54) is 0 Å². The minimum atomic E-state index is -0.223. The van der Waals surface area contributed by atoms with Gasteiger partial charge in [-0.2, -0.15) is 0 Å². The van der Waals surface area contributed by atoms with Crippen molar-refractivity contribution in [2.75, 3.05) is 14.2 Å². The van der Waals surface area contributed by atoms with Crippen molar-refractivity contribution in [3.8, 4) is 11.5 Å². The SMILES string of the molecule is CCC(=O)[C@H]1[C@H](c2ccc(OC)cc2)[C@@H](C)C(=O)C[C@H]1c1ccc(OC)cc1. The van der Waals surface area contributed by atoms with Crippen LogP contribution in [-0.4, -0.2) is 25.8 Å². The molecule has 2 aromatic carbocycles. The highest BCUT2D eigenvalue weighted by Crippen LogP contribution is 2.48. The van der Waals surface area contributed by atoms with Gasteiger partial charge in [0.1, 0.15) is 23.1 Å². The summed E-state index contributed by atoms with van der Waals surface area (Å²) in [6.45, 7) is 3.86. The van der Waals surface area contributed by atoms with Crippen LogP contribution in [0.25, 0.3) is 0 Å². The molecule has 1 saturated carbocycles. The van der Waals surface area contributed by atoms with Crippen LogP contribution in [-0.2, 0) is 9.59 Å². The second kappa shape index (κ2) is 8.59. The van der Waals surface area contributed by atoms with Crippen LogP contribution in [0.1, 0.15) is 49.7 Å². The normalized spacial score (nSPS) is 24.6. The Kier molecular flexibility index (Phi) is 6.18. The third kappa shape index (κ3) is 3.82. The molecule has 0 aromatic heterocycles. The van der Waals surface area contributed by atoms with E-state index < -0.39 is 0 Å². The average Bonchev–Trinajstić information content (AvgIpc) is 2.74. The van der Waals surface area contributed by atoms with Crippen molar-refractivity contribution in [3.05, 3.63) is 59.7 Å². The number of hydrogen-bond acceptors (Lipinski definition) is 4. The van der Waals surface area contributed by atoms with E-state index in [0.717, 1.165) is 22.6 Å². The summed E-state index contributed by atoms with van der Waals surface area (Å²) in [5.41, 5.74) is 2.04. The minimum absolute atomic E-state index is 0.117. The lowest BCUT2D eigenvalue weighted by Gasteiger charge is -2.41. The fourth-order valence-electron chi connectivity index (χ4n) is 4.45. The Morgan fingerprint density at radius 3 is 1.89 bits per heavy atom. The van der Waals surface area contributed by atoms with Crippen LogP contribution in [0.4, 0.5) is 0 Å². The smallest absolute Gasteiger partial charge is 0.136 e. The Morgan fingerprint density at radius 1 is 0.929 bits per heavy atom. The first-order valence-electron chi connectivity index (χ1n) is 9.83. The molecular weight excluding hydrogens is 352 g/mol. The lowest BCUT2D eigenvalue weighted by molar-refractivity contribution is -0.132. The van der Waals surface area contributed by atoms with Gasteiger partial charge in [0.15, 0.2) is 0 Å². The highest BCUT2D eigenvalue weighted by Gasteiger charge is 2.46. The Labute approximate surface area is 166 Å². The van der Waals surface area contributed by atoms with Gasteiger partial charge in [-0.15, -0.1) is 0 Å². The van der Waals surface area contributed by atoms with E-state index in [1.807, 2.05) is 62.4 Å². The molecule has 0 aliphatic heterocycles. The maximum atomic E-state index is 13.1. The standard InChI is InChI=1S/C24H28O4/c1-5-21(25)24-20(16-6-10-18(27-3)11-7-16)14-22(26)15(2)23(24)17-8-12-19(28-4)13-9-17/h6-13,15,20,23-24H,5,14H2,1-4H3/t15-,20-,23-,24-/m0/s1. The predicted molar refractivity (Wildman–Crippen MR) is 109 cm³/mol. The van der Waals surface area contributed by atoms with Crippen LogP contribution in [0.2, 0.25) is 0 Å². The summed E-state index contributed by atoms with van der Waals surface area (Å²) < 4.78 is 10.5. The van der Waals surface area contributed by atoms with Crippen molar-refractivity contribution in [1.29, 1.82) is 0 Å². The average molecular weight is 380 g/mol. The molecule has 1 aliphatic carbocycles. The van der Waals surface area contributed by atoms with Crippen molar-refractivity contribution < 1.29 is 19.1 Å². The summed E-state index contributed by atoms with van der Waals surface area (Å²) in [5.74, 6) is 1.29. The van der Waals surface area contributed by atoms with Gasteiger partial charge in [-0.3, -0.25) is 9.59 Å². The van der Waals surface area contributed by atoms with Crippen LogP contribution in [0.15, 0.2) is 48.5 Å². The number of carbonyl (C=O) groups is 2. The molecule has 1 fully saturated rings. The van der Waals surface area contributed by atoms with Crippen LogP contribution in [0.3, 0.4) is 0 Å². The maximum Gasteiger partial charge on any atom is 0.136 e. The summed E-state index contributed by atoms with van der Waals surface area (Å²) in [5, 5.41) is 0. The second-order valence-corrected chi connectivity index (χ2v) is 7.48. The van der Waals surface area contributed by atoms with Gasteiger partial charge in [0, 0.05) is 36.5 Å². The molecule has 0 bridgehead atoms. The Bertz CT molecular complexity index is 823. The number of rotatable bonds is 6. The van der Waals surface area contributed by atoms with Crippen molar-refractivity contribution in [1.82, 2.24) is 0 Å². The van der Waals surface area contributed by atoms with Gasteiger partial charge < -0.3 is 9.47 Å². The lowest BCUT2D eigenvalue weighted by atomic mass is 9.61.